The van der Waals surface area contributed by atoms with Crippen LogP contribution in [0.2, 0.25) is 0 Å². The molecule has 1 rings (SSSR count). The van der Waals surface area contributed by atoms with Gasteiger partial charge in [0.15, 0.2) is 0 Å². The zero-order valence-electron chi connectivity index (χ0n) is 8.00. The minimum absolute atomic E-state index is 0.0164. The van der Waals surface area contributed by atoms with E-state index in [4.69, 9.17) is 5.73 Å². The van der Waals surface area contributed by atoms with Gasteiger partial charge in [0, 0.05) is 13.1 Å². The summed E-state index contributed by atoms with van der Waals surface area (Å²) in [7, 11) is 0. The second-order valence-corrected chi connectivity index (χ2v) is 3.71. The molecule has 1 fully saturated rings. The highest BCUT2D eigenvalue weighted by Crippen LogP contribution is 2.17. The summed E-state index contributed by atoms with van der Waals surface area (Å²) in [6.45, 7) is 2.74. The van der Waals surface area contributed by atoms with Crippen LogP contribution in [-0.4, -0.2) is 36.6 Å². The predicted octanol–water partition coefficient (Wildman–Crippen LogP) is 0.542. The summed E-state index contributed by atoms with van der Waals surface area (Å²) < 4.78 is 12.2. The first-order valence-electron chi connectivity index (χ1n) is 4.75. The Hall–Kier alpha value is -0.640. The van der Waals surface area contributed by atoms with Crippen LogP contribution in [-0.2, 0) is 4.79 Å². The first kappa shape index (κ1) is 10.4. The Morgan fingerprint density at radius 1 is 1.62 bits per heavy atom. The van der Waals surface area contributed by atoms with Crippen LogP contribution >= 0.6 is 0 Å². The van der Waals surface area contributed by atoms with Gasteiger partial charge in [-0.1, -0.05) is 0 Å². The highest BCUT2D eigenvalue weighted by Gasteiger charge is 2.23. The van der Waals surface area contributed by atoms with Gasteiger partial charge >= 0.3 is 0 Å². The fourth-order valence-electron chi connectivity index (χ4n) is 1.60. The van der Waals surface area contributed by atoms with Crippen LogP contribution in [0.1, 0.15) is 19.8 Å². The van der Waals surface area contributed by atoms with E-state index in [2.05, 4.69) is 0 Å². The lowest BCUT2D eigenvalue weighted by atomic mass is 9.98. The number of rotatable bonds is 2. The summed E-state index contributed by atoms with van der Waals surface area (Å²) in [5, 5.41) is 0. The van der Waals surface area contributed by atoms with E-state index in [1.807, 2.05) is 0 Å². The van der Waals surface area contributed by atoms with Gasteiger partial charge in [0.2, 0.25) is 5.91 Å². The van der Waals surface area contributed by atoms with E-state index in [1.165, 1.54) is 0 Å². The first-order valence-corrected chi connectivity index (χ1v) is 4.75. The SMILES string of the molecule is C[C@@H](N)C(=O)N1CCC(CF)CC1. The summed E-state index contributed by atoms with van der Waals surface area (Å²) in [6.07, 6.45) is 1.55. The van der Waals surface area contributed by atoms with Crippen LogP contribution < -0.4 is 5.73 Å². The van der Waals surface area contributed by atoms with Crippen molar-refractivity contribution in [2.24, 2.45) is 11.7 Å². The lowest BCUT2D eigenvalue weighted by Gasteiger charge is -2.31. The van der Waals surface area contributed by atoms with Crippen LogP contribution in [0.4, 0.5) is 4.39 Å². The zero-order chi connectivity index (χ0) is 9.84. The van der Waals surface area contributed by atoms with Crippen LogP contribution in [0.25, 0.3) is 0 Å². The molecule has 1 aliphatic heterocycles. The fraction of sp³-hybridized carbons (Fsp3) is 0.889. The predicted molar refractivity (Wildman–Crippen MR) is 48.9 cm³/mol. The van der Waals surface area contributed by atoms with Gasteiger partial charge in [0.05, 0.1) is 12.7 Å². The Bertz CT molecular complexity index is 176. The number of amides is 1. The molecule has 1 aliphatic rings. The Labute approximate surface area is 78.1 Å². The number of carbonyl (C=O) groups is 1. The van der Waals surface area contributed by atoms with Gasteiger partial charge in [0.25, 0.3) is 0 Å². The molecule has 0 bridgehead atoms. The maximum Gasteiger partial charge on any atom is 0.239 e. The van der Waals surface area contributed by atoms with Crippen molar-refractivity contribution in [3.63, 3.8) is 0 Å². The van der Waals surface area contributed by atoms with E-state index in [-0.39, 0.29) is 18.5 Å². The molecule has 1 atom stereocenters. The summed E-state index contributed by atoms with van der Waals surface area (Å²) in [5.74, 6) is 0.134. The molecule has 76 valence electrons. The van der Waals surface area contributed by atoms with Crippen molar-refractivity contribution in [1.82, 2.24) is 4.90 Å². The van der Waals surface area contributed by atoms with Crippen LogP contribution in [0.3, 0.4) is 0 Å². The minimum atomic E-state index is -0.429. The topological polar surface area (TPSA) is 46.3 Å². The molecule has 3 nitrogen and oxygen atoms in total. The van der Waals surface area contributed by atoms with Crippen molar-refractivity contribution < 1.29 is 9.18 Å². The first-order chi connectivity index (χ1) is 6.15. The van der Waals surface area contributed by atoms with Crippen molar-refractivity contribution in [3.8, 4) is 0 Å². The van der Waals surface area contributed by atoms with Gasteiger partial charge in [-0.05, 0) is 25.7 Å². The van der Waals surface area contributed by atoms with Gasteiger partial charge in [0.1, 0.15) is 0 Å². The van der Waals surface area contributed by atoms with Crippen LogP contribution in [0, 0.1) is 5.92 Å². The summed E-state index contributed by atoms with van der Waals surface area (Å²) in [5.41, 5.74) is 5.47. The number of hydrogen-bond donors (Lipinski definition) is 1. The molecule has 4 heteroatoms. The van der Waals surface area contributed by atoms with Crippen LogP contribution in [0.15, 0.2) is 0 Å². The Morgan fingerprint density at radius 3 is 2.54 bits per heavy atom. The molecule has 0 aromatic heterocycles. The van der Waals surface area contributed by atoms with Gasteiger partial charge in [-0.15, -0.1) is 0 Å². The second-order valence-electron chi connectivity index (χ2n) is 3.71. The Kier molecular flexibility index (Phi) is 3.66. The number of nitrogens with zero attached hydrogens (tertiary/aromatic N) is 1. The number of halogens is 1. The average molecular weight is 188 g/mol. The molecule has 0 aromatic carbocycles. The normalized spacial score (nSPS) is 21.6. The van der Waals surface area contributed by atoms with Gasteiger partial charge in [-0.2, -0.15) is 0 Å². The molecule has 1 heterocycles. The number of carbonyl (C=O) groups excluding carboxylic acids is 1. The van der Waals surface area contributed by atoms with Crippen molar-refractivity contribution in [2.75, 3.05) is 19.8 Å². The van der Waals surface area contributed by atoms with Crippen molar-refractivity contribution in [3.05, 3.63) is 0 Å². The van der Waals surface area contributed by atoms with E-state index in [9.17, 15) is 9.18 Å². The highest BCUT2D eigenvalue weighted by atomic mass is 19.1. The quantitative estimate of drug-likeness (QED) is 0.687. The molecule has 2 N–H and O–H groups in total. The monoisotopic (exact) mass is 188 g/mol. The lowest BCUT2D eigenvalue weighted by Crippen LogP contribution is -2.46. The average Bonchev–Trinajstić information content (AvgIpc) is 2.17. The molecule has 0 unspecified atom stereocenters. The number of likely N-dealkylation sites (tertiary alicyclic amines) is 1. The van der Waals surface area contributed by atoms with Gasteiger partial charge in [-0.25, -0.2) is 0 Å². The molecule has 0 spiro atoms. The second kappa shape index (κ2) is 4.56. The third-order valence-electron chi connectivity index (χ3n) is 2.53. The van der Waals surface area contributed by atoms with Crippen molar-refractivity contribution in [1.29, 1.82) is 0 Å². The zero-order valence-corrected chi connectivity index (χ0v) is 8.00. The van der Waals surface area contributed by atoms with Gasteiger partial charge < -0.3 is 10.6 Å². The largest absolute Gasteiger partial charge is 0.341 e. The molecule has 1 saturated heterocycles. The third kappa shape index (κ3) is 2.66. The number of alkyl halides is 1. The maximum atomic E-state index is 12.2. The smallest absolute Gasteiger partial charge is 0.239 e. The molecular weight excluding hydrogens is 171 g/mol. The summed E-state index contributed by atoms with van der Waals surface area (Å²) >= 11 is 0. The summed E-state index contributed by atoms with van der Waals surface area (Å²) in [4.78, 5) is 13.1. The third-order valence-corrected chi connectivity index (χ3v) is 2.53. The van der Waals surface area contributed by atoms with E-state index >= 15 is 0 Å². The van der Waals surface area contributed by atoms with Crippen molar-refractivity contribution >= 4 is 5.91 Å². The number of hydrogen-bond acceptors (Lipinski definition) is 2. The molecule has 0 saturated carbocycles. The van der Waals surface area contributed by atoms with Crippen molar-refractivity contribution in [2.45, 2.75) is 25.8 Å². The molecular formula is C9H17FN2O. The minimum Gasteiger partial charge on any atom is -0.341 e. The standard InChI is InChI=1S/C9H17FN2O/c1-7(11)9(13)12-4-2-8(6-10)3-5-12/h7-8H,2-6,11H2,1H3/t7-/m1/s1. The Balaban J connectivity index is 2.36. The highest BCUT2D eigenvalue weighted by molar-refractivity contribution is 5.81. The number of piperidine rings is 1. The lowest BCUT2D eigenvalue weighted by molar-refractivity contribution is -0.133. The van der Waals surface area contributed by atoms with E-state index in [0.29, 0.717) is 13.1 Å². The maximum absolute atomic E-state index is 12.2. The fourth-order valence-corrected chi connectivity index (χ4v) is 1.60. The molecule has 0 aliphatic carbocycles. The van der Waals surface area contributed by atoms with Crippen LogP contribution in [0.5, 0.6) is 0 Å². The van der Waals surface area contributed by atoms with E-state index in [0.717, 1.165) is 12.8 Å². The van der Waals surface area contributed by atoms with E-state index in [1.54, 1.807) is 11.8 Å². The molecule has 0 radical (unpaired) electrons. The van der Waals surface area contributed by atoms with E-state index < -0.39 is 6.04 Å². The number of nitrogens with two attached hydrogens (primary N) is 1. The molecule has 0 aromatic rings. The molecule has 1 amide bonds. The summed E-state index contributed by atoms with van der Waals surface area (Å²) in [6, 6.07) is -0.429. The van der Waals surface area contributed by atoms with Gasteiger partial charge in [-0.3, -0.25) is 9.18 Å². The molecule has 13 heavy (non-hydrogen) atoms. The Morgan fingerprint density at radius 2 is 2.15 bits per heavy atom.